The van der Waals surface area contributed by atoms with Crippen LogP contribution in [0.3, 0.4) is 0 Å². The zero-order chi connectivity index (χ0) is 23.2. The summed E-state index contributed by atoms with van der Waals surface area (Å²) in [7, 11) is 0. The number of anilines is 2. The van der Waals surface area contributed by atoms with Crippen molar-refractivity contribution in [1.82, 2.24) is 19.6 Å². The van der Waals surface area contributed by atoms with Crippen molar-refractivity contribution in [2.75, 3.05) is 10.6 Å². The number of fused-ring (bicyclic) bond motifs is 2. The molecule has 172 valence electrons. The predicted octanol–water partition coefficient (Wildman–Crippen LogP) is 5.92. The van der Waals surface area contributed by atoms with Crippen molar-refractivity contribution >= 4 is 39.8 Å². The smallest absolute Gasteiger partial charge is 0.382 e. The molecule has 0 unspecified atom stereocenters. The highest BCUT2D eigenvalue weighted by Crippen LogP contribution is 2.35. The number of alkyl halides is 3. The van der Waals surface area contributed by atoms with Crippen LogP contribution >= 0.6 is 11.6 Å². The molecule has 0 spiro atoms. The minimum Gasteiger partial charge on any atom is -0.382 e. The van der Waals surface area contributed by atoms with Crippen LogP contribution in [0.1, 0.15) is 31.4 Å². The lowest BCUT2D eigenvalue weighted by atomic mass is 9.90. The van der Waals surface area contributed by atoms with Gasteiger partial charge in [-0.2, -0.15) is 13.2 Å². The molecule has 0 bridgehead atoms. The third kappa shape index (κ3) is 4.52. The largest absolute Gasteiger partial charge is 0.433 e. The number of hydrogen-bond acceptors (Lipinski definition) is 5. The van der Waals surface area contributed by atoms with Gasteiger partial charge in [0.2, 0.25) is 5.95 Å². The minimum atomic E-state index is -4.56. The summed E-state index contributed by atoms with van der Waals surface area (Å²) in [5.41, 5.74) is 0.126. The van der Waals surface area contributed by atoms with E-state index in [1.807, 2.05) is 0 Å². The fourth-order valence-electron chi connectivity index (χ4n) is 4.28. The van der Waals surface area contributed by atoms with E-state index >= 15 is 0 Å². The van der Waals surface area contributed by atoms with Crippen LogP contribution in [0.5, 0.6) is 0 Å². The van der Waals surface area contributed by atoms with Gasteiger partial charge in [0, 0.05) is 34.4 Å². The lowest BCUT2D eigenvalue weighted by Gasteiger charge is -2.31. The lowest BCUT2D eigenvalue weighted by molar-refractivity contribution is -0.140. The molecule has 2 N–H and O–H groups in total. The van der Waals surface area contributed by atoms with Gasteiger partial charge in [-0.3, -0.25) is 4.40 Å². The van der Waals surface area contributed by atoms with Crippen molar-refractivity contribution in [3.05, 3.63) is 59.1 Å². The molecule has 3 aromatic heterocycles. The molecule has 2 atom stereocenters. The topological polar surface area (TPSA) is 67.1 Å². The number of rotatable bonds is 4. The molecule has 1 aliphatic carbocycles. The molecule has 5 rings (SSSR count). The molecule has 33 heavy (non-hydrogen) atoms. The molecule has 0 saturated heterocycles. The summed E-state index contributed by atoms with van der Waals surface area (Å²) in [6.07, 6.45) is -0.128. The molecule has 0 amide bonds. The van der Waals surface area contributed by atoms with E-state index in [9.17, 15) is 17.6 Å². The van der Waals surface area contributed by atoms with Gasteiger partial charge in [0.05, 0.1) is 5.52 Å². The second-order valence-corrected chi connectivity index (χ2v) is 8.60. The van der Waals surface area contributed by atoms with Gasteiger partial charge in [0.1, 0.15) is 11.5 Å². The van der Waals surface area contributed by atoms with E-state index in [1.165, 1.54) is 30.5 Å². The Balaban J connectivity index is 1.39. The molecule has 4 aromatic rings. The van der Waals surface area contributed by atoms with E-state index in [-0.39, 0.29) is 17.6 Å². The fraction of sp³-hybridized carbons (Fsp3) is 0.318. The van der Waals surface area contributed by atoms with Crippen molar-refractivity contribution in [2.45, 2.75) is 43.9 Å². The third-order valence-electron chi connectivity index (χ3n) is 5.79. The molecule has 1 aliphatic rings. The third-order valence-corrected chi connectivity index (χ3v) is 6.03. The van der Waals surface area contributed by atoms with E-state index < -0.39 is 17.7 Å². The van der Waals surface area contributed by atoms with Crippen LogP contribution in [0.4, 0.5) is 29.2 Å². The molecule has 1 saturated carbocycles. The van der Waals surface area contributed by atoms with Crippen LogP contribution in [0.2, 0.25) is 5.02 Å². The summed E-state index contributed by atoms with van der Waals surface area (Å²) in [5, 5.41) is 15.7. The maximum atomic E-state index is 13.6. The maximum Gasteiger partial charge on any atom is 0.433 e. The van der Waals surface area contributed by atoms with Crippen LogP contribution in [-0.4, -0.2) is 31.7 Å². The number of hydrogen-bond donors (Lipinski definition) is 2. The molecule has 3 heterocycles. The highest BCUT2D eigenvalue weighted by atomic mass is 35.5. The van der Waals surface area contributed by atoms with Gasteiger partial charge in [-0.1, -0.05) is 11.6 Å². The monoisotopic (exact) mass is 478 g/mol. The van der Waals surface area contributed by atoms with Crippen molar-refractivity contribution in [3.8, 4) is 0 Å². The summed E-state index contributed by atoms with van der Waals surface area (Å²) in [6.45, 7) is 0. The number of nitrogens with zero attached hydrogens (tertiary/aromatic N) is 4. The number of aromatic nitrogens is 4. The Labute approximate surface area is 191 Å². The summed E-state index contributed by atoms with van der Waals surface area (Å²) in [6, 6.07) is 8.41. The van der Waals surface area contributed by atoms with Crippen LogP contribution in [0, 0.1) is 5.82 Å². The number of benzene rings is 1. The van der Waals surface area contributed by atoms with Gasteiger partial charge in [-0.05, 0) is 62.1 Å². The second-order valence-electron chi connectivity index (χ2n) is 8.16. The van der Waals surface area contributed by atoms with Gasteiger partial charge in [-0.15, -0.1) is 10.2 Å². The van der Waals surface area contributed by atoms with Crippen LogP contribution in [-0.2, 0) is 6.18 Å². The number of pyridine rings is 2. The van der Waals surface area contributed by atoms with Gasteiger partial charge in [-0.25, -0.2) is 9.37 Å². The van der Waals surface area contributed by atoms with Crippen molar-refractivity contribution in [2.24, 2.45) is 0 Å². The van der Waals surface area contributed by atoms with E-state index in [4.69, 9.17) is 11.6 Å². The van der Waals surface area contributed by atoms with Gasteiger partial charge in [0.25, 0.3) is 0 Å². The molecule has 1 aromatic carbocycles. The Morgan fingerprint density at radius 2 is 1.79 bits per heavy atom. The van der Waals surface area contributed by atoms with Crippen LogP contribution in [0.25, 0.3) is 16.6 Å². The minimum absolute atomic E-state index is 0.00862. The summed E-state index contributed by atoms with van der Waals surface area (Å²) in [4.78, 5) is 3.76. The Morgan fingerprint density at radius 1 is 1.00 bits per heavy atom. The Morgan fingerprint density at radius 3 is 2.58 bits per heavy atom. The Hall–Kier alpha value is -3.14. The molecular weight excluding hydrogens is 460 g/mol. The number of halogens is 5. The first-order chi connectivity index (χ1) is 15.8. The Kier molecular flexibility index (Phi) is 5.48. The van der Waals surface area contributed by atoms with E-state index in [2.05, 4.69) is 25.8 Å². The highest BCUT2D eigenvalue weighted by molar-refractivity contribution is 6.31. The first-order valence-corrected chi connectivity index (χ1v) is 10.8. The molecule has 0 radical (unpaired) electrons. The first-order valence-electron chi connectivity index (χ1n) is 10.5. The fourth-order valence-corrected chi connectivity index (χ4v) is 4.45. The van der Waals surface area contributed by atoms with Crippen molar-refractivity contribution in [1.29, 1.82) is 0 Å². The van der Waals surface area contributed by atoms with Crippen molar-refractivity contribution < 1.29 is 17.6 Å². The molecule has 6 nitrogen and oxygen atoms in total. The SMILES string of the molecule is Fc1ccc2nnc(N[C@@H]3CCC[C@H](Nc4cc(C(F)(F)F)nc5ccc(Cl)cc45)C3)n2c1. The maximum absolute atomic E-state index is 13.6. The van der Waals surface area contributed by atoms with E-state index in [0.29, 0.717) is 34.1 Å². The van der Waals surface area contributed by atoms with Gasteiger partial charge in [0.15, 0.2) is 5.65 Å². The zero-order valence-corrected chi connectivity index (χ0v) is 18.0. The number of nitrogens with one attached hydrogen (secondary N) is 2. The first kappa shape index (κ1) is 21.7. The van der Waals surface area contributed by atoms with Crippen LogP contribution < -0.4 is 10.6 Å². The Bertz CT molecular complexity index is 1320. The highest BCUT2D eigenvalue weighted by Gasteiger charge is 2.34. The van der Waals surface area contributed by atoms with Crippen molar-refractivity contribution in [3.63, 3.8) is 0 Å². The molecule has 1 fully saturated rings. The lowest BCUT2D eigenvalue weighted by Crippen LogP contribution is -2.35. The standard InChI is InChI=1S/C22H19ClF4N6/c23-12-4-6-17-16(8-12)18(10-19(30-17)22(25,26)27)28-14-2-1-3-15(9-14)29-21-32-31-20-7-5-13(24)11-33(20)21/h4-8,10-11,14-15H,1-3,9H2,(H,28,30)(H,29,32)/t14-,15+/m0/s1. The molecular formula is C22H19ClF4N6. The van der Waals surface area contributed by atoms with E-state index in [0.717, 1.165) is 25.3 Å². The zero-order valence-electron chi connectivity index (χ0n) is 17.2. The predicted molar refractivity (Wildman–Crippen MR) is 118 cm³/mol. The quantitative estimate of drug-likeness (QED) is 0.356. The average Bonchev–Trinajstić information content (AvgIpc) is 3.15. The van der Waals surface area contributed by atoms with Gasteiger partial charge < -0.3 is 10.6 Å². The summed E-state index contributed by atoms with van der Waals surface area (Å²) in [5.74, 6) is 0.0212. The molecule has 0 aliphatic heterocycles. The summed E-state index contributed by atoms with van der Waals surface area (Å²) >= 11 is 6.09. The van der Waals surface area contributed by atoms with E-state index in [1.54, 1.807) is 10.5 Å². The summed E-state index contributed by atoms with van der Waals surface area (Å²) < 4.78 is 55.4. The van der Waals surface area contributed by atoms with Gasteiger partial charge >= 0.3 is 6.18 Å². The normalized spacial score (nSPS) is 19.2. The second kappa shape index (κ2) is 8.33. The van der Waals surface area contributed by atoms with Crippen LogP contribution in [0.15, 0.2) is 42.6 Å². The average molecular weight is 479 g/mol. The molecule has 11 heteroatoms.